The number of benzene rings is 2. The molecule has 0 amide bonds. The van der Waals surface area contributed by atoms with Gasteiger partial charge in [-0.1, -0.05) is 24.3 Å². The van der Waals surface area contributed by atoms with Crippen LogP contribution in [-0.4, -0.2) is 25.1 Å². The van der Waals surface area contributed by atoms with Gasteiger partial charge in [0.1, 0.15) is 5.75 Å². The number of hydrogen-bond donors (Lipinski definition) is 0. The van der Waals surface area contributed by atoms with E-state index in [9.17, 15) is 14.9 Å². The number of carbonyl (C=O) groups excluding carboxylic acids is 1. The Kier molecular flexibility index (Phi) is 6.50. The van der Waals surface area contributed by atoms with Crippen LogP contribution in [0.2, 0.25) is 0 Å². The molecule has 0 heterocycles. The Hall–Kier alpha value is -3.61. The van der Waals surface area contributed by atoms with E-state index < -0.39 is 10.9 Å². The number of nitro benzene ring substituents is 1. The lowest BCUT2D eigenvalue weighted by atomic mass is 10.2. The summed E-state index contributed by atoms with van der Waals surface area (Å²) in [6.45, 7) is 0. The third-order valence-electron chi connectivity index (χ3n) is 3.31. The minimum Gasteiger partial charge on any atom is -0.493 e. The highest BCUT2D eigenvalue weighted by atomic mass is 16.6. The fraction of sp³-hybridized carbons (Fsp3) is 0.105. The Balaban J connectivity index is 1.93. The summed E-state index contributed by atoms with van der Waals surface area (Å²) < 4.78 is 15.4. The molecule has 0 saturated carbocycles. The lowest BCUT2D eigenvalue weighted by Gasteiger charge is -2.07. The van der Waals surface area contributed by atoms with E-state index in [1.807, 2.05) is 6.07 Å². The molecule has 0 aliphatic rings. The summed E-state index contributed by atoms with van der Waals surface area (Å²) in [5.41, 5.74) is 0.800. The molecule has 0 aliphatic heterocycles. The van der Waals surface area contributed by atoms with Gasteiger partial charge in [0.25, 0.3) is 5.69 Å². The van der Waals surface area contributed by atoms with Crippen molar-refractivity contribution in [3.8, 4) is 17.2 Å². The van der Waals surface area contributed by atoms with Crippen molar-refractivity contribution in [2.45, 2.75) is 0 Å². The van der Waals surface area contributed by atoms with E-state index in [1.54, 1.807) is 38.5 Å². The molecule has 0 saturated heterocycles. The standard InChI is InChI=1S/C19H17NO6/c1-24-17-12-7-14(13-18(17)25-2)5-3-4-6-19(21)26-16-10-8-15(9-11-16)20(22)23/h3-13H,1-2H3/b5-3+,6-4+. The number of non-ortho nitro benzene ring substituents is 1. The second kappa shape index (κ2) is 9.03. The van der Waals surface area contributed by atoms with Crippen molar-refractivity contribution in [2.75, 3.05) is 14.2 Å². The molecular weight excluding hydrogens is 338 g/mol. The molecule has 0 aliphatic carbocycles. The van der Waals surface area contributed by atoms with Gasteiger partial charge in [-0.3, -0.25) is 10.1 Å². The molecule has 2 aromatic rings. The molecule has 7 nitrogen and oxygen atoms in total. The molecule has 0 fully saturated rings. The summed E-state index contributed by atoms with van der Waals surface area (Å²) in [4.78, 5) is 21.8. The summed E-state index contributed by atoms with van der Waals surface area (Å²) >= 11 is 0. The molecular formula is C19H17NO6. The number of methoxy groups -OCH3 is 2. The number of esters is 1. The van der Waals surface area contributed by atoms with E-state index >= 15 is 0 Å². The number of rotatable bonds is 7. The zero-order valence-corrected chi connectivity index (χ0v) is 14.2. The summed E-state index contributed by atoms with van der Waals surface area (Å²) in [5, 5.41) is 10.6. The largest absolute Gasteiger partial charge is 0.493 e. The Morgan fingerprint density at radius 2 is 1.69 bits per heavy atom. The van der Waals surface area contributed by atoms with Crippen LogP contribution in [0.5, 0.6) is 17.2 Å². The summed E-state index contributed by atoms with van der Waals surface area (Å²) in [6.07, 6.45) is 6.25. The number of nitro groups is 1. The predicted octanol–water partition coefficient (Wildman–Crippen LogP) is 3.79. The maximum absolute atomic E-state index is 11.7. The second-order valence-electron chi connectivity index (χ2n) is 5.00. The SMILES string of the molecule is COc1ccc(/C=C/C=C/C(=O)Oc2ccc([N+](=O)[O-])cc2)cc1OC. The van der Waals surface area contributed by atoms with Gasteiger partial charge >= 0.3 is 5.97 Å². The Labute approximate surface area is 150 Å². The van der Waals surface area contributed by atoms with Crippen LogP contribution in [0.1, 0.15) is 5.56 Å². The predicted molar refractivity (Wildman–Crippen MR) is 96.5 cm³/mol. The van der Waals surface area contributed by atoms with Gasteiger partial charge < -0.3 is 14.2 Å². The van der Waals surface area contributed by atoms with Crippen molar-refractivity contribution in [3.05, 3.63) is 76.4 Å². The summed E-state index contributed by atoms with van der Waals surface area (Å²) in [5.74, 6) is 0.882. The van der Waals surface area contributed by atoms with Crippen molar-refractivity contribution in [1.29, 1.82) is 0 Å². The number of ether oxygens (including phenoxy) is 3. The average molecular weight is 355 g/mol. The van der Waals surface area contributed by atoms with Crippen LogP contribution in [0.4, 0.5) is 5.69 Å². The van der Waals surface area contributed by atoms with Crippen molar-refractivity contribution in [3.63, 3.8) is 0 Å². The fourth-order valence-electron chi connectivity index (χ4n) is 2.04. The van der Waals surface area contributed by atoms with Crippen LogP contribution in [0.3, 0.4) is 0 Å². The Bertz CT molecular complexity index is 840. The van der Waals surface area contributed by atoms with Gasteiger partial charge in [0.15, 0.2) is 11.5 Å². The van der Waals surface area contributed by atoms with E-state index in [2.05, 4.69) is 0 Å². The molecule has 0 aromatic heterocycles. The van der Waals surface area contributed by atoms with Crippen LogP contribution in [0.25, 0.3) is 6.08 Å². The first-order valence-electron chi connectivity index (χ1n) is 7.56. The number of allylic oxidation sites excluding steroid dienone is 2. The fourth-order valence-corrected chi connectivity index (χ4v) is 2.04. The minimum absolute atomic E-state index is 0.0711. The maximum Gasteiger partial charge on any atom is 0.336 e. The van der Waals surface area contributed by atoms with E-state index in [4.69, 9.17) is 14.2 Å². The van der Waals surface area contributed by atoms with Crippen molar-refractivity contribution < 1.29 is 23.9 Å². The molecule has 2 aromatic carbocycles. The van der Waals surface area contributed by atoms with Crippen LogP contribution >= 0.6 is 0 Å². The highest BCUT2D eigenvalue weighted by molar-refractivity contribution is 5.84. The van der Waals surface area contributed by atoms with Crippen molar-refractivity contribution >= 4 is 17.7 Å². The molecule has 0 atom stereocenters. The first-order valence-corrected chi connectivity index (χ1v) is 7.56. The van der Waals surface area contributed by atoms with Gasteiger partial charge in [0.2, 0.25) is 0 Å². The van der Waals surface area contributed by atoms with Crippen molar-refractivity contribution in [2.24, 2.45) is 0 Å². The lowest BCUT2D eigenvalue weighted by Crippen LogP contribution is -2.03. The van der Waals surface area contributed by atoms with Crippen molar-refractivity contribution in [1.82, 2.24) is 0 Å². The van der Waals surface area contributed by atoms with E-state index in [0.717, 1.165) is 5.56 Å². The number of nitrogens with zero attached hydrogens (tertiary/aromatic N) is 1. The maximum atomic E-state index is 11.7. The Morgan fingerprint density at radius 1 is 1.00 bits per heavy atom. The quantitative estimate of drug-likeness (QED) is 0.187. The highest BCUT2D eigenvalue weighted by Gasteiger charge is 2.06. The topological polar surface area (TPSA) is 87.9 Å². The molecule has 0 spiro atoms. The van der Waals surface area contributed by atoms with E-state index in [0.29, 0.717) is 11.5 Å². The zero-order chi connectivity index (χ0) is 18.9. The smallest absolute Gasteiger partial charge is 0.336 e. The second-order valence-corrected chi connectivity index (χ2v) is 5.00. The number of carbonyl (C=O) groups is 1. The molecule has 0 N–H and O–H groups in total. The van der Waals surface area contributed by atoms with Gasteiger partial charge in [-0.25, -0.2) is 4.79 Å². The monoisotopic (exact) mass is 355 g/mol. The summed E-state index contributed by atoms with van der Waals surface area (Å²) in [7, 11) is 3.12. The molecule has 134 valence electrons. The summed E-state index contributed by atoms with van der Waals surface area (Å²) in [6, 6.07) is 10.7. The molecule has 2 rings (SSSR count). The average Bonchev–Trinajstić information content (AvgIpc) is 2.65. The molecule has 26 heavy (non-hydrogen) atoms. The first-order chi connectivity index (χ1) is 12.5. The molecule has 0 radical (unpaired) electrons. The van der Waals surface area contributed by atoms with Gasteiger partial charge in [-0.15, -0.1) is 0 Å². The zero-order valence-electron chi connectivity index (χ0n) is 14.2. The third kappa shape index (κ3) is 5.20. The van der Waals surface area contributed by atoms with Gasteiger partial charge in [0, 0.05) is 18.2 Å². The van der Waals surface area contributed by atoms with Gasteiger partial charge in [-0.05, 0) is 29.8 Å². The van der Waals surface area contributed by atoms with E-state index in [1.165, 1.54) is 36.4 Å². The highest BCUT2D eigenvalue weighted by Crippen LogP contribution is 2.27. The Morgan fingerprint density at radius 3 is 2.31 bits per heavy atom. The van der Waals surface area contributed by atoms with Crippen LogP contribution in [-0.2, 0) is 4.79 Å². The van der Waals surface area contributed by atoms with Crippen LogP contribution in [0, 0.1) is 10.1 Å². The van der Waals surface area contributed by atoms with Gasteiger partial charge in [0.05, 0.1) is 19.1 Å². The molecule has 0 unspecified atom stereocenters. The van der Waals surface area contributed by atoms with E-state index in [-0.39, 0.29) is 11.4 Å². The van der Waals surface area contributed by atoms with Gasteiger partial charge in [-0.2, -0.15) is 0 Å². The lowest BCUT2D eigenvalue weighted by molar-refractivity contribution is -0.384. The van der Waals surface area contributed by atoms with Crippen LogP contribution in [0.15, 0.2) is 60.7 Å². The third-order valence-corrected chi connectivity index (χ3v) is 3.31. The molecule has 7 heteroatoms. The first kappa shape index (κ1) is 18.7. The number of hydrogen-bond acceptors (Lipinski definition) is 6. The normalized spacial score (nSPS) is 10.8. The minimum atomic E-state index is -0.587. The van der Waals surface area contributed by atoms with Crippen LogP contribution < -0.4 is 14.2 Å². The molecule has 0 bridgehead atoms.